The van der Waals surface area contributed by atoms with E-state index in [2.05, 4.69) is 31.8 Å². The standard InChI is InChI=1S/C19H27N5O/c1-23(18(15-25-2)17-8-4-5-9-20-17)14-16-12-21-19(22-13-16)24-10-6-3-7-11-24/h4-5,8-9,12-13,18H,3,6-7,10-11,14-15H2,1-2H3/t18-/m1/s1. The fourth-order valence-corrected chi connectivity index (χ4v) is 3.25. The summed E-state index contributed by atoms with van der Waals surface area (Å²) in [6, 6.07) is 6.08. The number of nitrogens with zero attached hydrogens (tertiary/aromatic N) is 5. The maximum Gasteiger partial charge on any atom is 0.225 e. The van der Waals surface area contributed by atoms with E-state index in [1.807, 2.05) is 36.8 Å². The van der Waals surface area contributed by atoms with Crippen molar-refractivity contribution in [3.8, 4) is 0 Å². The summed E-state index contributed by atoms with van der Waals surface area (Å²) < 4.78 is 5.40. The fraction of sp³-hybridized carbons (Fsp3) is 0.526. The molecule has 2 aromatic rings. The van der Waals surface area contributed by atoms with E-state index >= 15 is 0 Å². The molecule has 0 N–H and O–H groups in total. The molecule has 0 aromatic carbocycles. The van der Waals surface area contributed by atoms with Gasteiger partial charge in [0.1, 0.15) is 0 Å². The molecule has 1 aliphatic rings. The van der Waals surface area contributed by atoms with E-state index in [1.54, 1.807) is 7.11 Å². The Morgan fingerprint density at radius 3 is 2.52 bits per heavy atom. The molecule has 0 saturated carbocycles. The molecule has 0 unspecified atom stereocenters. The average Bonchev–Trinajstić information content (AvgIpc) is 2.68. The zero-order valence-corrected chi connectivity index (χ0v) is 15.1. The van der Waals surface area contributed by atoms with Crippen LogP contribution in [0.1, 0.15) is 36.6 Å². The molecule has 0 spiro atoms. The van der Waals surface area contributed by atoms with Crippen molar-refractivity contribution in [3.05, 3.63) is 48.0 Å². The Kier molecular flexibility index (Phi) is 6.30. The molecule has 3 rings (SSSR count). The predicted molar refractivity (Wildman–Crippen MR) is 98.4 cm³/mol. The summed E-state index contributed by atoms with van der Waals surface area (Å²) in [5.41, 5.74) is 2.11. The van der Waals surface area contributed by atoms with Gasteiger partial charge in [0.05, 0.1) is 18.3 Å². The number of anilines is 1. The SMILES string of the molecule is COC[C@H](c1ccccn1)N(C)Cc1cnc(N2CCCCC2)nc1. The van der Waals surface area contributed by atoms with E-state index in [9.17, 15) is 0 Å². The summed E-state index contributed by atoms with van der Waals surface area (Å²) in [7, 11) is 3.80. The van der Waals surface area contributed by atoms with Gasteiger partial charge in [-0.25, -0.2) is 9.97 Å². The van der Waals surface area contributed by atoms with Crippen molar-refractivity contribution in [1.82, 2.24) is 19.9 Å². The number of hydrogen-bond donors (Lipinski definition) is 0. The molecule has 0 aliphatic carbocycles. The van der Waals surface area contributed by atoms with Crippen molar-refractivity contribution in [2.75, 3.05) is 38.8 Å². The molecule has 0 bridgehead atoms. The fourth-order valence-electron chi connectivity index (χ4n) is 3.25. The Balaban J connectivity index is 1.65. The minimum atomic E-state index is 0.105. The Morgan fingerprint density at radius 2 is 1.88 bits per heavy atom. The van der Waals surface area contributed by atoms with Crippen LogP contribution in [-0.4, -0.2) is 53.7 Å². The van der Waals surface area contributed by atoms with Crippen molar-refractivity contribution in [3.63, 3.8) is 0 Å². The van der Waals surface area contributed by atoms with Crippen LogP contribution < -0.4 is 4.90 Å². The van der Waals surface area contributed by atoms with E-state index in [1.165, 1.54) is 19.3 Å². The largest absolute Gasteiger partial charge is 0.383 e. The van der Waals surface area contributed by atoms with Gasteiger partial charge in [-0.15, -0.1) is 0 Å². The quantitative estimate of drug-likeness (QED) is 0.772. The van der Waals surface area contributed by atoms with Gasteiger partial charge >= 0.3 is 0 Å². The van der Waals surface area contributed by atoms with E-state index < -0.39 is 0 Å². The first-order valence-corrected chi connectivity index (χ1v) is 8.94. The molecule has 6 nitrogen and oxygen atoms in total. The van der Waals surface area contributed by atoms with Gasteiger partial charge < -0.3 is 9.64 Å². The van der Waals surface area contributed by atoms with Crippen molar-refractivity contribution >= 4 is 5.95 Å². The minimum Gasteiger partial charge on any atom is -0.383 e. The normalized spacial score (nSPS) is 16.2. The van der Waals surface area contributed by atoms with Gasteiger partial charge in [-0.05, 0) is 38.4 Å². The number of rotatable bonds is 7. The smallest absolute Gasteiger partial charge is 0.225 e. The monoisotopic (exact) mass is 341 g/mol. The molecule has 0 amide bonds. The van der Waals surface area contributed by atoms with Gasteiger partial charge in [-0.1, -0.05) is 6.07 Å². The van der Waals surface area contributed by atoms with Gasteiger partial charge in [0, 0.05) is 50.9 Å². The lowest BCUT2D eigenvalue weighted by atomic mass is 10.1. The maximum atomic E-state index is 5.40. The summed E-state index contributed by atoms with van der Waals surface area (Å²) in [4.78, 5) is 18.1. The summed E-state index contributed by atoms with van der Waals surface area (Å²) in [6.45, 7) is 3.48. The molecule has 134 valence electrons. The van der Waals surface area contributed by atoms with Gasteiger partial charge in [0.15, 0.2) is 0 Å². The molecule has 6 heteroatoms. The van der Waals surface area contributed by atoms with Crippen molar-refractivity contribution in [2.24, 2.45) is 0 Å². The predicted octanol–water partition coefficient (Wildman–Crippen LogP) is 2.68. The topological polar surface area (TPSA) is 54.4 Å². The second-order valence-electron chi connectivity index (χ2n) is 6.58. The third kappa shape index (κ3) is 4.74. The molecule has 0 radical (unpaired) electrons. The van der Waals surface area contributed by atoms with E-state index in [4.69, 9.17) is 4.74 Å². The Labute approximate surface area is 149 Å². The summed E-state index contributed by atoms with van der Waals surface area (Å²) >= 11 is 0. The molecule has 3 heterocycles. The number of likely N-dealkylation sites (N-methyl/N-ethyl adjacent to an activating group) is 1. The van der Waals surface area contributed by atoms with Crippen molar-refractivity contribution < 1.29 is 4.74 Å². The average molecular weight is 341 g/mol. The van der Waals surface area contributed by atoms with Gasteiger partial charge in [0.2, 0.25) is 5.95 Å². The summed E-state index contributed by atoms with van der Waals surface area (Å²) in [6.07, 6.45) is 9.48. The Morgan fingerprint density at radius 1 is 1.12 bits per heavy atom. The number of ether oxygens (including phenoxy) is 1. The summed E-state index contributed by atoms with van der Waals surface area (Å²) in [5, 5.41) is 0. The first kappa shape index (κ1) is 17.8. The van der Waals surface area contributed by atoms with Crippen LogP contribution in [0.4, 0.5) is 5.95 Å². The second-order valence-corrected chi connectivity index (χ2v) is 6.58. The number of methoxy groups -OCH3 is 1. The first-order chi connectivity index (χ1) is 12.3. The van der Waals surface area contributed by atoms with E-state index in [0.29, 0.717) is 6.61 Å². The molecular formula is C19H27N5O. The van der Waals surface area contributed by atoms with Crippen LogP contribution in [0, 0.1) is 0 Å². The highest BCUT2D eigenvalue weighted by molar-refractivity contribution is 5.30. The molecule has 1 atom stereocenters. The van der Waals surface area contributed by atoms with Crippen LogP contribution in [-0.2, 0) is 11.3 Å². The third-order valence-corrected chi connectivity index (χ3v) is 4.65. The van der Waals surface area contributed by atoms with Crippen LogP contribution in [0.25, 0.3) is 0 Å². The second kappa shape index (κ2) is 8.87. The zero-order valence-electron chi connectivity index (χ0n) is 15.1. The van der Waals surface area contributed by atoms with Crippen LogP contribution in [0.15, 0.2) is 36.8 Å². The number of hydrogen-bond acceptors (Lipinski definition) is 6. The maximum absolute atomic E-state index is 5.40. The molecule has 25 heavy (non-hydrogen) atoms. The Hall–Kier alpha value is -2.05. The lowest BCUT2D eigenvalue weighted by Gasteiger charge is -2.28. The lowest BCUT2D eigenvalue weighted by Crippen LogP contribution is -2.31. The van der Waals surface area contributed by atoms with Gasteiger partial charge in [-0.2, -0.15) is 0 Å². The molecule has 1 fully saturated rings. The lowest BCUT2D eigenvalue weighted by molar-refractivity contribution is 0.0999. The van der Waals surface area contributed by atoms with Crippen LogP contribution >= 0.6 is 0 Å². The molecular weight excluding hydrogens is 314 g/mol. The van der Waals surface area contributed by atoms with Crippen LogP contribution in [0.3, 0.4) is 0 Å². The molecule has 2 aromatic heterocycles. The van der Waals surface area contributed by atoms with Crippen LogP contribution in [0.2, 0.25) is 0 Å². The van der Waals surface area contributed by atoms with Gasteiger partial charge in [-0.3, -0.25) is 9.88 Å². The minimum absolute atomic E-state index is 0.105. The highest BCUT2D eigenvalue weighted by atomic mass is 16.5. The highest BCUT2D eigenvalue weighted by Gasteiger charge is 2.19. The van der Waals surface area contributed by atoms with Crippen molar-refractivity contribution in [2.45, 2.75) is 31.8 Å². The third-order valence-electron chi connectivity index (χ3n) is 4.65. The summed E-state index contributed by atoms with van der Waals surface area (Å²) in [5.74, 6) is 0.851. The molecule has 1 saturated heterocycles. The number of piperidine rings is 1. The number of aromatic nitrogens is 3. The highest BCUT2D eigenvalue weighted by Crippen LogP contribution is 2.20. The zero-order chi connectivity index (χ0) is 17.5. The van der Waals surface area contributed by atoms with Crippen molar-refractivity contribution in [1.29, 1.82) is 0 Å². The first-order valence-electron chi connectivity index (χ1n) is 8.94. The van der Waals surface area contributed by atoms with E-state index in [0.717, 1.165) is 36.8 Å². The molecule has 1 aliphatic heterocycles. The van der Waals surface area contributed by atoms with Gasteiger partial charge in [0.25, 0.3) is 0 Å². The van der Waals surface area contributed by atoms with Crippen LogP contribution in [0.5, 0.6) is 0 Å². The van der Waals surface area contributed by atoms with E-state index in [-0.39, 0.29) is 6.04 Å². The number of pyridine rings is 1. The Bertz CT molecular complexity index is 628.